The average Bonchev–Trinajstić information content (AvgIpc) is 2.69. The fraction of sp³-hybridized carbons (Fsp3) is 0.100. The third-order valence-corrected chi connectivity index (χ3v) is 11.0. The molecule has 3 aromatic rings. The molecule has 128 valence electrons. The maximum atomic E-state index is 14.4. The van der Waals surface area contributed by atoms with Crippen molar-refractivity contribution >= 4 is 52.7 Å². The van der Waals surface area contributed by atoms with E-state index in [0.717, 1.165) is 4.90 Å². The maximum absolute atomic E-state index is 14.4. The highest BCUT2D eigenvalue weighted by atomic mass is 35.5. The summed E-state index contributed by atoms with van der Waals surface area (Å²) < 4.78 is 13.3. The summed E-state index contributed by atoms with van der Waals surface area (Å²) in [6, 6.07) is 28.5. The lowest BCUT2D eigenvalue weighted by molar-refractivity contribution is 0.584. The lowest BCUT2D eigenvalue weighted by Crippen LogP contribution is -2.32. The Labute approximate surface area is 162 Å². The van der Waals surface area contributed by atoms with Crippen molar-refractivity contribution in [3.05, 3.63) is 91.0 Å². The first-order chi connectivity index (χ1) is 12.1. The minimum Gasteiger partial charge on any atom is -0.311 e. The van der Waals surface area contributed by atoms with E-state index in [2.05, 4.69) is 0 Å². The molecule has 0 aromatic heterocycles. The highest BCUT2D eigenvalue weighted by Crippen LogP contribution is 2.65. The smallest absolute Gasteiger partial charge is 0.174 e. The van der Waals surface area contributed by atoms with Crippen molar-refractivity contribution in [2.75, 3.05) is 5.88 Å². The summed E-state index contributed by atoms with van der Waals surface area (Å²) in [6.07, 6.45) is 0. The molecule has 0 aliphatic carbocycles. The first-order valence-electron chi connectivity index (χ1n) is 7.80. The summed E-state index contributed by atoms with van der Waals surface area (Å²) in [5, 5.41) is 1.42. The third-order valence-electron chi connectivity index (χ3n) is 3.89. The van der Waals surface area contributed by atoms with Gasteiger partial charge in [0.25, 0.3) is 0 Å². The molecular weight excluding hydrogens is 390 g/mol. The van der Waals surface area contributed by atoms with E-state index >= 15 is 0 Å². The third kappa shape index (κ3) is 3.68. The molecule has 0 saturated carbocycles. The molecule has 0 heterocycles. The highest BCUT2D eigenvalue weighted by molar-refractivity contribution is 8.12. The van der Waals surface area contributed by atoms with Crippen LogP contribution in [0.1, 0.15) is 0 Å². The Kier molecular flexibility index (Phi) is 5.96. The molecule has 0 aliphatic heterocycles. The van der Waals surface area contributed by atoms with Crippen molar-refractivity contribution in [2.45, 2.75) is 8.84 Å². The van der Waals surface area contributed by atoms with Gasteiger partial charge in [0.15, 0.2) is 11.1 Å². The minimum absolute atomic E-state index is 0.0508. The van der Waals surface area contributed by atoms with Gasteiger partial charge in [-0.25, -0.2) is 0 Å². The molecule has 3 aromatic carbocycles. The molecule has 0 radical (unpaired) electrons. The zero-order valence-electron chi connectivity index (χ0n) is 13.4. The summed E-state index contributed by atoms with van der Waals surface area (Å²) in [7, 11) is -3.22. The molecule has 25 heavy (non-hydrogen) atoms. The molecule has 3 rings (SSSR count). The monoisotopic (exact) mass is 406 g/mol. The van der Waals surface area contributed by atoms with Crippen LogP contribution in [0.25, 0.3) is 0 Å². The van der Waals surface area contributed by atoms with Crippen LogP contribution in [0.2, 0.25) is 0 Å². The van der Waals surface area contributed by atoms with Crippen LogP contribution in [0.4, 0.5) is 0 Å². The first kappa shape index (κ1) is 18.6. The van der Waals surface area contributed by atoms with Crippen LogP contribution in [0.3, 0.4) is 0 Å². The zero-order valence-corrected chi connectivity index (χ0v) is 16.6. The highest BCUT2D eigenvalue weighted by Gasteiger charge is 2.49. The van der Waals surface area contributed by atoms with Crippen molar-refractivity contribution < 1.29 is 4.57 Å². The molecule has 0 N–H and O–H groups in total. The van der Waals surface area contributed by atoms with Crippen LogP contribution in [0.15, 0.2) is 95.9 Å². The number of hydrogen-bond acceptors (Lipinski definition) is 2. The minimum atomic E-state index is -3.22. The normalized spacial score (nSPS) is 14.0. The second-order valence-corrected chi connectivity index (χ2v) is 11.6. The molecule has 0 bridgehead atoms. The van der Waals surface area contributed by atoms with E-state index in [0.29, 0.717) is 10.6 Å². The van der Waals surface area contributed by atoms with Gasteiger partial charge >= 0.3 is 0 Å². The van der Waals surface area contributed by atoms with Crippen molar-refractivity contribution in [1.82, 2.24) is 0 Å². The lowest BCUT2D eigenvalue weighted by Gasteiger charge is -2.34. The van der Waals surface area contributed by atoms with Gasteiger partial charge in [-0.15, -0.1) is 11.6 Å². The van der Waals surface area contributed by atoms with Gasteiger partial charge in [0.2, 0.25) is 0 Å². The van der Waals surface area contributed by atoms with Gasteiger partial charge in [-0.3, -0.25) is 0 Å². The van der Waals surface area contributed by atoms with Crippen LogP contribution in [0.5, 0.6) is 0 Å². The summed E-state index contributed by atoms with van der Waals surface area (Å²) in [5.74, 6) is 0.0508. The van der Waals surface area contributed by atoms with E-state index in [-0.39, 0.29) is 5.88 Å². The number of rotatable bonds is 6. The Morgan fingerprint density at radius 2 is 1.16 bits per heavy atom. The van der Waals surface area contributed by atoms with E-state index in [1.165, 1.54) is 11.8 Å². The molecule has 0 amide bonds. The van der Waals surface area contributed by atoms with Crippen molar-refractivity contribution in [3.63, 3.8) is 0 Å². The Balaban J connectivity index is 2.18. The number of halogens is 2. The van der Waals surface area contributed by atoms with Crippen molar-refractivity contribution in [3.8, 4) is 0 Å². The summed E-state index contributed by atoms with van der Waals surface area (Å²) in [5.41, 5.74) is 0. The van der Waals surface area contributed by atoms with Crippen LogP contribution >= 0.6 is 42.1 Å². The second-order valence-electron chi connectivity index (χ2n) is 5.52. The van der Waals surface area contributed by atoms with Crippen LogP contribution in [-0.2, 0) is 4.57 Å². The van der Waals surface area contributed by atoms with E-state index in [1.807, 2.05) is 91.0 Å². The predicted octanol–water partition coefficient (Wildman–Crippen LogP) is 5.92. The second kappa shape index (κ2) is 8.01. The van der Waals surface area contributed by atoms with E-state index < -0.39 is 11.1 Å². The fourth-order valence-corrected chi connectivity index (χ4v) is 8.77. The van der Waals surface area contributed by atoms with Gasteiger partial charge in [0.1, 0.15) is 0 Å². The number of hydrogen-bond donors (Lipinski definition) is 0. The van der Waals surface area contributed by atoms with Gasteiger partial charge in [0.05, 0.1) is 5.88 Å². The first-order valence-corrected chi connectivity index (χ1v) is 11.2. The largest absolute Gasteiger partial charge is 0.311 e. The Bertz CT molecular complexity index is 815. The van der Waals surface area contributed by atoms with E-state index in [1.54, 1.807) is 0 Å². The standard InChI is InChI=1S/C20H17Cl2OPS/c21-16-20(22,25-19-14-8-3-9-15-19)24(23,17-10-4-1-5-11-17)18-12-6-2-7-13-18/h1-15H,16H2. The predicted molar refractivity (Wildman–Crippen MR) is 111 cm³/mol. The molecule has 0 spiro atoms. The quantitative estimate of drug-likeness (QED) is 0.287. The SMILES string of the molecule is O=P(c1ccccc1)(c1ccccc1)C(Cl)(CCl)Sc1ccccc1. The molecule has 0 aliphatic rings. The van der Waals surface area contributed by atoms with Crippen LogP contribution in [0, 0.1) is 0 Å². The van der Waals surface area contributed by atoms with Gasteiger partial charge in [-0.1, -0.05) is 102 Å². The van der Waals surface area contributed by atoms with E-state index in [4.69, 9.17) is 23.2 Å². The van der Waals surface area contributed by atoms with Gasteiger partial charge in [-0.05, 0) is 12.1 Å². The fourth-order valence-electron chi connectivity index (χ4n) is 2.66. The number of thioether (sulfide) groups is 1. The van der Waals surface area contributed by atoms with Gasteiger partial charge in [0, 0.05) is 15.5 Å². The Hall–Kier alpha value is -1.18. The van der Waals surface area contributed by atoms with Gasteiger partial charge < -0.3 is 4.57 Å². The molecule has 5 heteroatoms. The topological polar surface area (TPSA) is 17.1 Å². The van der Waals surface area contributed by atoms with Crippen LogP contribution in [-0.4, -0.2) is 9.83 Å². The molecule has 1 unspecified atom stereocenters. The Morgan fingerprint density at radius 3 is 1.56 bits per heavy atom. The van der Waals surface area contributed by atoms with E-state index in [9.17, 15) is 4.57 Å². The average molecular weight is 407 g/mol. The zero-order chi connectivity index (χ0) is 17.8. The maximum Gasteiger partial charge on any atom is 0.174 e. The molecule has 1 nitrogen and oxygen atoms in total. The molecular formula is C20H17Cl2OPS. The molecule has 0 fully saturated rings. The summed E-state index contributed by atoms with van der Waals surface area (Å²) >= 11 is 14.7. The van der Waals surface area contributed by atoms with Crippen LogP contribution < -0.4 is 10.6 Å². The molecule has 0 saturated heterocycles. The van der Waals surface area contributed by atoms with Crippen molar-refractivity contribution in [2.24, 2.45) is 0 Å². The number of benzene rings is 3. The summed E-state index contributed by atoms with van der Waals surface area (Å²) in [6.45, 7) is 0. The molecule has 1 atom stereocenters. The Morgan fingerprint density at radius 1 is 0.760 bits per heavy atom. The lowest BCUT2D eigenvalue weighted by atomic mass is 10.4. The van der Waals surface area contributed by atoms with Gasteiger partial charge in [-0.2, -0.15) is 0 Å². The number of alkyl halides is 2. The van der Waals surface area contributed by atoms with Crippen molar-refractivity contribution in [1.29, 1.82) is 0 Å². The summed E-state index contributed by atoms with van der Waals surface area (Å²) in [4.78, 5) is 0.935.